The number of aryl methyl sites for hydroxylation is 1. The summed E-state index contributed by atoms with van der Waals surface area (Å²) in [7, 11) is 0. The number of carbonyl (C=O) groups is 1. The van der Waals surface area contributed by atoms with Gasteiger partial charge in [-0.15, -0.1) is 0 Å². The molecular weight excluding hydrogens is 355 g/mol. The van der Waals surface area contributed by atoms with Gasteiger partial charge in [0.25, 0.3) is 0 Å². The summed E-state index contributed by atoms with van der Waals surface area (Å²) in [5, 5.41) is 21.8. The van der Waals surface area contributed by atoms with Gasteiger partial charge in [-0.25, -0.2) is 4.39 Å². The highest BCUT2D eigenvalue weighted by Gasteiger charge is 2.22. The molecule has 2 heterocycles. The largest absolute Gasteiger partial charge is 0.322 e. The molecule has 1 amide bonds. The second-order valence-corrected chi connectivity index (χ2v) is 6.06. The molecule has 0 fully saturated rings. The number of hydrogen-bond donors (Lipinski definition) is 1. The molecule has 0 saturated heterocycles. The molecule has 1 unspecified atom stereocenters. The lowest BCUT2D eigenvalue weighted by Crippen LogP contribution is -2.24. The summed E-state index contributed by atoms with van der Waals surface area (Å²) in [6.07, 6.45) is 4.37. The summed E-state index contributed by atoms with van der Waals surface area (Å²) in [6, 6.07) is 5.31. The van der Waals surface area contributed by atoms with Crippen LogP contribution in [0.3, 0.4) is 0 Å². The van der Waals surface area contributed by atoms with E-state index in [0.717, 1.165) is 5.56 Å². The van der Waals surface area contributed by atoms with Crippen LogP contribution >= 0.6 is 0 Å². The number of amides is 1. The van der Waals surface area contributed by atoms with E-state index in [4.69, 9.17) is 0 Å². The lowest BCUT2D eigenvalue weighted by molar-refractivity contribution is -0.385. The topological polar surface area (TPSA) is 108 Å². The van der Waals surface area contributed by atoms with Crippen molar-refractivity contribution in [1.82, 2.24) is 19.6 Å². The van der Waals surface area contributed by atoms with Crippen LogP contribution in [0.5, 0.6) is 0 Å². The van der Waals surface area contributed by atoms with Crippen molar-refractivity contribution in [2.24, 2.45) is 0 Å². The molecule has 1 atom stereocenters. The lowest BCUT2D eigenvalue weighted by atomic mass is 10.2. The smallest absolute Gasteiger partial charge is 0.309 e. The Hall–Kier alpha value is -3.56. The number of rotatable bonds is 6. The standard InChI is InChI=1S/C17H17FN6O3/c1-11-16(24(26)27)10-23(21-11)12(2)17(25)20-15-7-19-22(9-15)8-13-3-5-14(18)6-4-13/h3-7,9-10,12H,8H2,1-2H3,(H,20,25). The average Bonchev–Trinajstić information content (AvgIpc) is 3.22. The fourth-order valence-electron chi connectivity index (χ4n) is 2.51. The highest BCUT2D eigenvalue weighted by Crippen LogP contribution is 2.19. The molecule has 3 rings (SSSR count). The Morgan fingerprint density at radius 1 is 1.33 bits per heavy atom. The van der Waals surface area contributed by atoms with Crippen molar-refractivity contribution in [3.63, 3.8) is 0 Å². The molecule has 9 nitrogen and oxygen atoms in total. The van der Waals surface area contributed by atoms with E-state index in [0.29, 0.717) is 12.2 Å². The zero-order chi connectivity index (χ0) is 19.6. The van der Waals surface area contributed by atoms with Crippen LogP contribution in [0.4, 0.5) is 15.8 Å². The van der Waals surface area contributed by atoms with Gasteiger partial charge in [0.05, 0.1) is 23.4 Å². The van der Waals surface area contributed by atoms with E-state index in [1.54, 1.807) is 29.9 Å². The normalized spacial score (nSPS) is 12.0. The second-order valence-electron chi connectivity index (χ2n) is 6.06. The molecule has 2 aromatic heterocycles. The number of nitrogens with zero attached hydrogens (tertiary/aromatic N) is 5. The number of carbonyl (C=O) groups excluding carboxylic acids is 1. The van der Waals surface area contributed by atoms with E-state index in [2.05, 4.69) is 15.5 Å². The zero-order valence-electron chi connectivity index (χ0n) is 14.7. The van der Waals surface area contributed by atoms with Gasteiger partial charge < -0.3 is 5.32 Å². The van der Waals surface area contributed by atoms with Gasteiger partial charge in [-0.1, -0.05) is 12.1 Å². The van der Waals surface area contributed by atoms with E-state index in [9.17, 15) is 19.3 Å². The minimum Gasteiger partial charge on any atom is -0.322 e. The van der Waals surface area contributed by atoms with Crippen molar-refractivity contribution in [2.45, 2.75) is 26.4 Å². The van der Waals surface area contributed by atoms with Gasteiger partial charge in [0.1, 0.15) is 23.7 Å². The van der Waals surface area contributed by atoms with Crippen LogP contribution in [-0.2, 0) is 11.3 Å². The Labute approximate surface area is 153 Å². The third-order valence-corrected chi connectivity index (χ3v) is 4.02. The van der Waals surface area contributed by atoms with Gasteiger partial charge in [-0.3, -0.25) is 24.3 Å². The molecular formula is C17H17FN6O3. The first-order valence-corrected chi connectivity index (χ1v) is 8.11. The number of nitrogens with one attached hydrogen (secondary N) is 1. The molecule has 0 radical (unpaired) electrons. The molecule has 3 aromatic rings. The van der Waals surface area contributed by atoms with Crippen molar-refractivity contribution in [2.75, 3.05) is 5.32 Å². The van der Waals surface area contributed by atoms with Crippen LogP contribution < -0.4 is 5.32 Å². The van der Waals surface area contributed by atoms with Crippen LogP contribution in [0, 0.1) is 22.9 Å². The van der Waals surface area contributed by atoms with Crippen LogP contribution in [-0.4, -0.2) is 30.4 Å². The number of nitro groups is 1. The molecule has 27 heavy (non-hydrogen) atoms. The molecule has 0 aliphatic rings. The van der Waals surface area contributed by atoms with Crippen molar-refractivity contribution in [3.8, 4) is 0 Å². The van der Waals surface area contributed by atoms with E-state index in [-0.39, 0.29) is 23.1 Å². The maximum absolute atomic E-state index is 12.9. The molecule has 0 saturated carbocycles. The number of aromatic nitrogens is 4. The summed E-state index contributed by atoms with van der Waals surface area (Å²) in [5.41, 5.74) is 1.45. The number of halogens is 1. The third kappa shape index (κ3) is 4.17. The molecule has 10 heteroatoms. The highest BCUT2D eigenvalue weighted by molar-refractivity contribution is 5.93. The summed E-state index contributed by atoms with van der Waals surface area (Å²) < 4.78 is 15.8. The van der Waals surface area contributed by atoms with Gasteiger partial charge in [0.2, 0.25) is 5.91 Å². The van der Waals surface area contributed by atoms with Crippen LogP contribution in [0.25, 0.3) is 0 Å². The SMILES string of the molecule is Cc1nn(C(C)C(=O)Nc2cnn(Cc3ccc(F)cc3)c2)cc1[N+](=O)[O-]. The first-order valence-electron chi connectivity index (χ1n) is 8.11. The molecule has 1 aromatic carbocycles. The quantitative estimate of drug-likeness (QED) is 0.529. The van der Waals surface area contributed by atoms with E-state index in [1.165, 1.54) is 36.1 Å². The van der Waals surface area contributed by atoms with Crippen LogP contribution in [0.1, 0.15) is 24.2 Å². The zero-order valence-corrected chi connectivity index (χ0v) is 14.7. The summed E-state index contributed by atoms with van der Waals surface area (Å²) in [4.78, 5) is 22.8. The third-order valence-electron chi connectivity index (χ3n) is 4.02. The predicted octanol–water partition coefficient (Wildman–Crippen LogP) is 2.68. The van der Waals surface area contributed by atoms with Gasteiger partial charge in [-0.2, -0.15) is 10.2 Å². The summed E-state index contributed by atoms with van der Waals surface area (Å²) in [5.74, 6) is -0.691. The summed E-state index contributed by atoms with van der Waals surface area (Å²) >= 11 is 0. The minimum atomic E-state index is -0.738. The predicted molar refractivity (Wildman–Crippen MR) is 94.7 cm³/mol. The number of benzene rings is 1. The fourth-order valence-corrected chi connectivity index (χ4v) is 2.51. The Kier molecular flexibility index (Phi) is 4.97. The molecule has 1 N–H and O–H groups in total. The van der Waals surface area contributed by atoms with Crippen molar-refractivity contribution in [3.05, 3.63) is 70.0 Å². The molecule has 140 valence electrons. The van der Waals surface area contributed by atoms with Crippen molar-refractivity contribution >= 4 is 17.3 Å². The van der Waals surface area contributed by atoms with Crippen molar-refractivity contribution in [1.29, 1.82) is 0 Å². The monoisotopic (exact) mass is 372 g/mol. The second kappa shape index (κ2) is 7.36. The first-order chi connectivity index (χ1) is 12.8. The highest BCUT2D eigenvalue weighted by atomic mass is 19.1. The van der Waals surface area contributed by atoms with Gasteiger partial charge in [0, 0.05) is 6.20 Å². The average molecular weight is 372 g/mol. The van der Waals surface area contributed by atoms with Crippen molar-refractivity contribution < 1.29 is 14.1 Å². The van der Waals surface area contributed by atoms with Gasteiger partial charge in [-0.05, 0) is 31.5 Å². The van der Waals surface area contributed by atoms with E-state index in [1.807, 2.05) is 0 Å². The van der Waals surface area contributed by atoms with Crippen LogP contribution in [0.15, 0.2) is 42.9 Å². The number of hydrogen-bond acceptors (Lipinski definition) is 5. The lowest BCUT2D eigenvalue weighted by Gasteiger charge is -2.11. The van der Waals surface area contributed by atoms with Gasteiger partial charge >= 0.3 is 5.69 Å². The Balaban J connectivity index is 1.65. The minimum absolute atomic E-state index is 0.137. The van der Waals surface area contributed by atoms with Gasteiger partial charge in [0.15, 0.2) is 0 Å². The molecule has 0 bridgehead atoms. The molecule has 0 spiro atoms. The van der Waals surface area contributed by atoms with E-state index >= 15 is 0 Å². The summed E-state index contributed by atoms with van der Waals surface area (Å²) in [6.45, 7) is 3.53. The molecule has 0 aliphatic heterocycles. The Morgan fingerprint density at radius 3 is 2.67 bits per heavy atom. The first kappa shape index (κ1) is 18.2. The fraction of sp³-hybridized carbons (Fsp3) is 0.235. The van der Waals surface area contributed by atoms with Crippen LogP contribution in [0.2, 0.25) is 0 Å². The maximum Gasteiger partial charge on any atom is 0.309 e. The van der Waals surface area contributed by atoms with E-state index < -0.39 is 11.0 Å². The maximum atomic E-state index is 12.9. The Bertz CT molecular complexity index is 979. The number of anilines is 1. The Morgan fingerprint density at radius 2 is 2.04 bits per heavy atom. The molecule has 0 aliphatic carbocycles.